The number of benzene rings is 2. The van der Waals surface area contributed by atoms with Crippen LogP contribution in [0.2, 0.25) is 0 Å². The van der Waals surface area contributed by atoms with E-state index in [4.69, 9.17) is 10.5 Å². The molecule has 0 radical (unpaired) electrons. The lowest BCUT2D eigenvalue weighted by Gasteiger charge is -2.22. The molecular weight excluding hydrogens is 402 g/mol. The van der Waals surface area contributed by atoms with Crippen molar-refractivity contribution in [1.29, 1.82) is 0 Å². The van der Waals surface area contributed by atoms with Crippen molar-refractivity contribution in [2.24, 2.45) is 5.73 Å². The Hall–Kier alpha value is -3.65. The first-order chi connectivity index (χ1) is 14.5. The van der Waals surface area contributed by atoms with E-state index in [0.717, 1.165) is 5.56 Å². The van der Waals surface area contributed by atoms with Gasteiger partial charge >= 0.3 is 6.09 Å². The fourth-order valence-corrected chi connectivity index (χ4v) is 4.03. The number of hydrogen-bond donors (Lipinski definition) is 2. The molecule has 0 spiro atoms. The monoisotopic (exact) mass is 421 g/mol. The highest BCUT2D eigenvalue weighted by Crippen LogP contribution is 2.34. The molecule has 0 unspecified atom stereocenters. The SMILES string of the molecule is NC(=O)[C@@H]1[C@@H](c2cccc(NC(=O)c3cccs3)c2)OC(=O)N1Cc1ccccc1. The minimum Gasteiger partial charge on any atom is -0.438 e. The van der Waals surface area contributed by atoms with Crippen molar-refractivity contribution in [3.05, 3.63) is 88.1 Å². The van der Waals surface area contributed by atoms with Gasteiger partial charge in [0, 0.05) is 5.69 Å². The molecule has 7 nitrogen and oxygen atoms in total. The molecule has 1 aliphatic rings. The average Bonchev–Trinajstić information content (AvgIpc) is 3.38. The van der Waals surface area contributed by atoms with Crippen LogP contribution in [-0.2, 0) is 16.1 Å². The van der Waals surface area contributed by atoms with E-state index >= 15 is 0 Å². The number of nitrogens with one attached hydrogen (secondary N) is 1. The molecule has 3 amide bonds. The number of cyclic esters (lactones) is 1. The lowest BCUT2D eigenvalue weighted by atomic mass is 10.0. The van der Waals surface area contributed by atoms with Crippen LogP contribution >= 0.6 is 11.3 Å². The maximum absolute atomic E-state index is 12.5. The van der Waals surface area contributed by atoms with Crippen LogP contribution in [-0.4, -0.2) is 28.8 Å². The van der Waals surface area contributed by atoms with Gasteiger partial charge in [0.25, 0.3) is 5.91 Å². The zero-order chi connectivity index (χ0) is 21.1. The Kier molecular flexibility index (Phi) is 5.49. The van der Waals surface area contributed by atoms with Gasteiger partial charge in [0.05, 0.1) is 11.4 Å². The number of carbonyl (C=O) groups is 3. The summed E-state index contributed by atoms with van der Waals surface area (Å²) in [5.41, 5.74) is 7.60. The molecule has 2 heterocycles. The van der Waals surface area contributed by atoms with Crippen LogP contribution in [0.4, 0.5) is 10.5 Å². The number of nitrogens with zero attached hydrogens (tertiary/aromatic N) is 1. The molecule has 4 rings (SSSR count). The van der Waals surface area contributed by atoms with Crippen LogP contribution in [0.15, 0.2) is 72.1 Å². The molecule has 0 aliphatic carbocycles. The number of anilines is 1. The average molecular weight is 421 g/mol. The molecule has 30 heavy (non-hydrogen) atoms. The molecule has 0 saturated carbocycles. The van der Waals surface area contributed by atoms with Gasteiger partial charge in [-0.05, 0) is 34.7 Å². The first-order valence-electron chi connectivity index (χ1n) is 9.28. The lowest BCUT2D eigenvalue weighted by Crippen LogP contribution is -2.43. The highest BCUT2D eigenvalue weighted by atomic mass is 32.1. The second kappa shape index (κ2) is 8.38. The Balaban J connectivity index is 1.57. The van der Waals surface area contributed by atoms with E-state index in [1.807, 2.05) is 35.7 Å². The Morgan fingerprint density at radius 2 is 1.87 bits per heavy atom. The fourth-order valence-electron chi connectivity index (χ4n) is 3.41. The highest BCUT2D eigenvalue weighted by Gasteiger charge is 2.46. The number of ether oxygens (including phenoxy) is 1. The molecule has 1 fully saturated rings. The molecule has 0 bridgehead atoms. The minimum absolute atomic E-state index is 0.207. The smallest absolute Gasteiger partial charge is 0.411 e. The Morgan fingerprint density at radius 3 is 2.57 bits per heavy atom. The van der Waals surface area contributed by atoms with Crippen LogP contribution in [0.3, 0.4) is 0 Å². The van der Waals surface area contributed by atoms with E-state index in [2.05, 4.69) is 5.32 Å². The summed E-state index contributed by atoms with van der Waals surface area (Å²) in [4.78, 5) is 39.0. The van der Waals surface area contributed by atoms with Gasteiger partial charge < -0.3 is 15.8 Å². The number of carbonyl (C=O) groups excluding carboxylic acids is 3. The van der Waals surface area contributed by atoms with Crippen LogP contribution in [0.25, 0.3) is 0 Å². The molecule has 3 aromatic rings. The third kappa shape index (κ3) is 4.04. The van der Waals surface area contributed by atoms with E-state index in [0.29, 0.717) is 16.1 Å². The van der Waals surface area contributed by atoms with Gasteiger partial charge in [-0.3, -0.25) is 14.5 Å². The number of amides is 3. The molecule has 2 aromatic carbocycles. The maximum Gasteiger partial charge on any atom is 0.411 e. The molecule has 2 atom stereocenters. The normalized spacial score (nSPS) is 18.1. The summed E-state index contributed by atoms with van der Waals surface area (Å²) >= 11 is 1.34. The number of thiophene rings is 1. The minimum atomic E-state index is -0.957. The topological polar surface area (TPSA) is 102 Å². The zero-order valence-corrected chi connectivity index (χ0v) is 16.7. The van der Waals surface area contributed by atoms with Crippen LogP contribution < -0.4 is 11.1 Å². The number of hydrogen-bond acceptors (Lipinski definition) is 5. The third-order valence-corrected chi connectivity index (χ3v) is 5.66. The van der Waals surface area contributed by atoms with Gasteiger partial charge in [0.15, 0.2) is 12.1 Å². The largest absolute Gasteiger partial charge is 0.438 e. The van der Waals surface area contributed by atoms with Crippen molar-refractivity contribution in [1.82, 2.24) is 4.90 Å². The van der Waals surface area contributed by atoms with E-state index < -0.39 is 24.1 Å². The van der Waals surface area contributed by atoms with E-state index in [1.54, 1.807) is 36.4 Å². The second-order valence-electron chi connectivity index (χ2n) is 6.82. The van der Waals surface area contributed by atoms with Crippen molar-refractivity contribution < 1.29 is 19.1 Å². The standard InChI is InChI=1S/C22H19N3O4S/c23-20(26)18-19(29-22(28)25(18)13-14-6-2-1-3-7-14)15-8-4-9-16(12-15)24-21(27)17-10-5-11-30-17/h1-12,18-19H,13H2,(H2,23,26)(H,24,27)/t18-,19+/m0/s1. The summed E-state index contributed by atoms with van der Waals surface area (Å²) in [5, 5.41) is 4.64. The van der Waals surface area contributed by atoms with Crippen LogP contribution in [0.1, 0.15) is 26.9 Å². The highest BCUT2D eigenvalue weighted by molar-refractivity contribution is 7.12. The molecule has 3 N–H and O–H groups in total. The van der Waals surface area contributed by atoms with Crippen LogP contribution in [0, 0.1) is 0 Å². The summed E-state index contributed by atoms with van der Waals surface area (Å²) in [7, 11) is 0. The molecule has 1 aliphatic heterocycles. The van der Waals surface area contributed by atoms with Gasteiger partial charge in [-0.25, -0.2) is 4.79 Å². The number of rotatable bonds is 6. The Labute approximate surface area is 177 Å². The van der Waals surface area contributed by atoms with Crippen molar-refractivity contribution in [3.63, 3.8) is 0 Å². The first-order valence-corrected chi connectivity index (χ1v) is 10.2. The zero-order valence-electron chi connectivity index (χ0n) is 15.9. The van der Waals surface area contributed by atoms with Gasteiger partial charge in [-0.2, -0.15) is 0 Å². The maximum atomic E-state index is 12.5. The van der Waals surface area contributed by atoms with Crippen molar-refractivity contribution >= 4 is 34.9 Å². The number of primary amides is 1. The van der Waals surface area contributed by atoms with Gasteiger partial charge in [-0.15, -0.1) is 11.3 Å². The summed E-state index contributed by atoms with van der Waals surface area (Å²) in [6, 6.07) is 18.8. The van der Waals surface area contributed by atoms with E-state index in [-0.39, 0.29) is 12.5 Å². The quantitative estimate of drug-likeness (QED) is 0.635. The molecular formula is C22H19N3O4S. The van der Waals surface area contributed by atoms with Gasteiger partial charge in [0.1, 0.15) is 0 Å². The van der Waals surface area contributed by atoms with Gasteiger partial charge in [-0.1, -0.05) is 48.5 Å². The summed E-state index contributed by atoms with van der Waals surface area (Å²) in [6.45, 7) is 0.207. The fraction of sp³-hybridized carbons (Fsp3) is 0.136. The predicted molar refractivity (Wildman–Crippen MR) is 113 cm³/mol. The van der Waals surface area contributed by atoms with Crippen LogP contribution in [0.5, 0.6) is 0 Å². The Morgan fingerprint density at radius 1 is 1.07 bits per heavy atom. The lowest BCUT2D eigenvalue weighted by molar-refractivity contribution is -0.123. The summed E-state index contributed by atoms with van der Waals surface area (Å²) in [6.07, 6.45) is -1.47. The van der Waals surface area contributed by atoms with Crippen molar-refractivity contribution in [3.8, 4) is 0 Å². The Bertz CT molecular complexity index is 1070. The first kappa shape index (κ1) is 19.7. The molecule has 152 valence electrons. The third-order valence-electron chi connectivity index (χ3n) is 4.79. The molecule has 1 saturated heterocycles. The predicted octanol–water partition coefficient (Wildman–Crippen LogP) is 3.55. The van der Waals surface area contributed by atoms with Crippen molar-refractivity contribution in [2.45, 2.75) is 18.7 Å². The van der Waals surface area contributed by atoms with Gasteiger partial charge in [0.2, 0.25) is 5.91 Å². The molecule has 8 heteroatoms. The van der Waals surface area contributed by atoms with E-state index in [9.17, 15) is 14.4 Å². The number of nitrogens with two attached hydrogens (primary N) is 1. The summed E-state index contributed by atoms with van der Waals surface area (Å²) < 4.78 is 5.51. The summed E-state index contributed by atoms with van der Waals surface area (Å²) in [5.74, 6) is -0.891. The van der Waals surface area contributed by atoms with E-state index in [1.165, 1.54) is 16.2 Å². The second-order valence-corrected chi connectivity index (χ2v) is 7.77. The molecule has 1 aromatic heterocycles. The van der Waals surface area contributed by atoms with Crippen molar-refractivity contribution in [2.75, 3.05) is 5.32 Å².